The fraction of sp³-hybridized carbons (Fsp3) is 0.412. The van der Waals surface area contributed by atoms with Crippen molar-refractivity contribution in [2.24, 2.45) is 0 Å². The number of carbonyl (C=O) groups is 1. The van der Waals surface area contributed by atoms with Gasteiger partial charge in [0.05, 0.1) is 5.56 Å². The van der Waals surface area contributed by atoms with Gasteiger partial charge in [-0.05, 0) is 25.2 Å². The van der Waals surface area contributed by atoms with Crippen molar-refractivity contribution in [1.82, 2.24) is 9.88 Å². The largest absolute Gasteiger partial charge is 0.383 e. The van der Waals surface area contributed by atoms with Crippen LogP contribution in [0.15, 0.2) is 30.5 Å². The van der Waals surface area contributed by atoms with Crippen molar-refractivity contribution in [2.75, 3.05) is 12.3 Å². The maximum Gasteiger partial charge on any atom is 0.256 e. The summed E-state index contributed by atoms with van der Waals surface area (Å²) in [4.78, 5) is 19.1. The number of aromatic nitrogens is 1. The zero-order valence-electron chi connectivity index (χ0n) is 12.4. The number of likely N-dealkylation sites (tertiary alicyclic amines) is 1. The van der Waals surface area contributed by atoms with Crippen LogP contribution in [0, 0.1) is 0 Å². The number of nitrogens with two attached hydrogens (primary N) is 1. The Balaban J connectivity index is 2.03. The average molecular weight is 283 g/mol. The number of hydrogen-bond donors (Lipinski definition) is 1. The fourth-order valence-corrected chi connectivity index (χ4v) is 3.12. The Morgan fingerprint density at radius 1 is 1.24 bits per heavy atom. The minimum absolute atomic E-state index is 0.0769. The molecule has 1 aliphatic heterocycles. The van der Waals surface area contributed by atoms with Crippen LogP contribution in [0.1, 0.15) is 43.0 Å². The van der Waals surface area contributed by atoms with E-state index in [2.05, 4.69) is 11.9 Å². The first kappa shape index (κ1) is 13.9. The quantitative estimate of drug-likeness (QED) is 0.874. The third-order valence-corrected chi connectivity index (χ3v) is 4.37. The summed E-state index contributed by atoms with van der Waals surface area (Å²) in [6.45, 7) is 2.97. The molecule has 0 bridgehead atoms. The van der Waals surface area contributed by atoms with Gasteiger partial charge >= 0.3 is 0 Å². The number of carbonyl (C=O) groups excluding carboxylic acids is 1. The SMILES string of the molecule is CC1CCCCCN1C(=O)c1cnc(N)c2ccccc12. The number of amides is 1. The highest BCUT2D eigenvalue weighted by Crippen LogP contribution is 2.25. The second kappa shape index (κ2) is 5.72. The Kier molecular flexibility index (Phi) is 3.78. The molecule has 1 aromatic carbocycles. The Morgan fingerprint density at radius 3 is 2.81 bits per heavy atom. The first-order chi connectivity index (χ1) is 10.2. The highest BCUT2D eigenvalue weighted by Gasteiger charge is 2.24. The van der Waals surface area contributed by atoms with Gasteiger partial charge in [-0.2, -0.15) is 0 Å². The molecule has 1 aliphatic rings. The zero-order valence-corrected chi connectivity index (χ0v) is 12.4. The summed E-state index contributed by atoms with van der Waals surface area (Å²) < 4.78 is 0. The van der Waals surface area contributed by atoms with E-state index in [4.69, 9.17) is 5.73 Å². The highest BCUT2D eigenvalue weighted by atomic mass is 16.2. The van der Waals surface area contributed by atoms with E-state index in [9.17, 15) is 4.79 Å². The molecule has 1 atom stereocenters. The molecule has 4 nitrogen and oxygen atoms in total. The first-order valence-corrected chi connectivity index (χ1v) is 7.62. The van der Waals surface area contributed by atoms with Gasteiger partial charge < -0.3 is 10.6 Å². The van der Waals surface area contributed by atoms with Crippen LogP contribution >= 0.6 is 0 Å². The second-order valence-corrected chi connectivity index (χ2v) is 5.80. The van der Waals surface area contributed by atoms with E-state index in [1.807, 2.05) is 29.2 Å². The van der Waals surface area contributed by atoms with Crippen molar-refractivity contribution in [1.29, 1.82) is 0 Å². The van der Waals surface area contributed by atoms with Crippen LogP contribution in [-0.4, -0.2) is 28.4 Å². The highest BCUT2D eigenvalue weighted by molar-refractivity contribution is 6.09. The number of anilines is 1. The number of rotatable bonds is 1. The van der Waals surface area contributed by atoms with E-state index < -0.39 is 0 Å². The lowest BCUT2D eigenvalue weighted by Crippen LogP contribution is -2.38. The van der Waals surface area contributed by atoms with Crippen molar-refractivity contribution in [3.8, 4) is 0 Å². The molecule has 2 aromatic rings. The number of pyridine rings is 1. The predicted molar refractivity (Wildman–Crippen MR) is 85.1 cm³/mol. The van der Waals surface area contributed by atoms with Crippen LogP contribution in [0.2, 0.25) is 0 Å². The zero-order chi connectivity index (χ0) is 14.8. The maximum absolute atomic E-state index is 12.9. The Morgan fingerprint density at radius 2 is 2.00 bits per heavy atom. The molecule has 1 aromatic heterocycles. The number of nitrogens with zero attached hydrogens (tertiary/aromatic N) is 2. The smallest absolute Gasteiger partial charge is 0.256 e. The minimum Gasteiger partial charge on any atom is -0.383 e. The monoisotopic (exact) mass is 283 g/mol. The minimum atomic E-state index is 0.0769. The molecule has 4 heteroatoms. The summed E-state index contributed by atoms with van der Waals surface area (Å²) in [7, 11) is 0. The lowest BCUT2D eigenvalue weighted by atomic mass is 10.0. The molecule has 1 amide bonds. The Bertz CT molecular complexity index is 668. The second-order valence-electron chi connectivity index (χ2n) is 5.80. The first-order valence-electron chi connectivity index (χ1n) is 7.62. The summed E-state index contributed by atoms with van der Waals surface area (Å²) in [5, 5.41) is 1.75. The molecule has 3 rings (SSSR count). The van der Waals surface area contributed by atoms with Crippen molar-refractivity contribution in [2.45, 2.75) is 38.6 Å². The Hall–Kier alpha value is -2.10. The molecule has 1 saturated heterocycles. The Labute approximate surface area is 125 Å². The molecule has 2 heterocycles. The summed E-state index contributed by atoms with van der Waals surface area (Å²) in [5.74, 6) is 0.555. The summed E-state index contributed by atoms with van der Waals surface area (Å²) in [6.07, 6.45) is 6.18. The predicted octanol–water partition coefficient (Wildman–Crippen LogP) is 3.22. The number of fused-ring (bicyclic) bond motifs is 1. The van der Waals surface area contributed by atoms with E-state index in [-0.39, 0.29) is 11.9 Å². The molecule has 0 radical (unpaired) electrons. The van der Waals surface area contributed by atoms with Gasteiger partial charge in [0.1, 0.15) is 5.82 Å². The standard InChI is InChI=1S/C17H21N3O/c1-12-7-3-2-6-10-20(12)17(21)15-11-19-16(18)14-9-5-4-8-13(14)15/h4-5,8-9,11-12H,2-3,6-7,10H2,1H3,(H2,18,19). The molecular formula is C17H21N3O. The van der Waals surface area contributed by atoms with Crippen LogP contribution < -0.4 is 5.73 Å². The topological polar surface area (TPSA) is 59.2 Å². The molecule has 1 unspecified atom stereocenters. The molecular weight excluding hydrogens is 262 g/mol. The van der Waals surface area contributed by atoms with Gasteiger partial charge in [-0.15, -0.1) is 0 Å². The number of benzene rings is 1. The average Bonchev–Trinajstić information content (AvgIpc) is 2.72. The van der Waals surface area contributed by atoms with Gasteiger partial charge in [-0.3, -0.25) is 4.79 Å². The summed E-state index contributed by atoms with van der Waals surface area (Å²) >= 11 is 0. The molecule has 0 saturated carbocycles. The normalized spacial score (nSPS) is 19.5. The van der Waals surface area contributed by atoms with Crippen molar-refractivity contribution >= 4 is 22.5 Å². The number of nitrogen functional groups attached to an aromatic ring is 1. The van der Waals surface area contributed by atoms with Crippen LogP contribution in [0.4, 0.5) is 5.82 Å². The van der Waals surface area contributed by atoms with Crippen LogP contribution in [-0.2, 0) is 0 Å². The van der Waals surface area contributed by atoms with E-state index in [0.29, 0.717) is 11.4 Å². The summed E-state index contributed by atoms with van der Waals surface area (Å²) in [6, 6.07) is 8.01. The molecule has 21 heavy (non-hydrogen) atoms. The van der Waals surface area contributed by atoms with Gasteiger partial charge in [0.25, 0.3) is 5.91 Å². The van der Waals surface area contributed by atoms with E-state index in [1.165, 1.54) is 12.8 Å². The number of hydrogen-bond acceptors (Lipinski definition) is 3. The molecule has 2 N–H and O–H groups in total. The van der Waals surface area contributed by atoms with Crippen molar-refractivity contribution < 1.29 is 4.79 Å². The lowest BCUT2D eigenvalue weighted by Gasteiger charge is -2.27. The van der Waals surface area contributed by atoms with Crippen molar-refractivity contribution in [3.05, 3.63) is 36.0 Å². The van der Waals surface area contributed by atoms with E-state index in [1.54, 1.807) is 6.20 Å². The van der Waals surface area contributed by atoms with E-state index in [0.717, 1.165) is 30.2 Å². The third-order valence-electron chi connectivity index (χ3n) is 4.37. The summed E-state index contributed by atoms with van der Waals surface area (Å²) in [5.41, 5.74) is 6.58. The van der Waals surface area contributed by atoms with Crippen molar-refractivity contribution in [3.63, 3.8) is 0 Å². The van der Waals surface area contributed by atoms with E-state index >= 15 is 0 Å². The van der Waals surface area contributed by atoms with Gasteiger partial charge in [-0.25, -0.2) is 4.98 Å². The fourth-order valence-electron chi connectivity index (χ4n) is 3.12. The van der Waals surface area contributed by atoms with Crippen LogP contribution in [0.5, 0.6) is 0 Å². The molecule has 1 fully saturated rings. The van der Waals surface area contributed by atoms with Crippen LogP contribution in [0.25, 0.3) is 10.8 Å². The van der Waals surface area contributed by atoms with Gasteiger partial charge in [-0.1, -0.05) is 37.1 Å². The molecule has 110 valence electrons. The van der Waals surface area contributed by atoms with Gasteiger partial charge in [0.2, 0.25) is 0 Å². The lowest BCUT2D eigenvalue weighted by molar-refractivity contribution is 0.0699. The van der Waals surface area contributed by atoms with Gasteiger partial charge in [0, 0.05) is 24.2 Å². The molecule has 0 spiro atoms. The maximum atomic E-state index is 12.9. The molecule has 0 aliphatic carbocycles. The third kappa shape index (κ3) is 2.58. The van der Waals surface area contributed by atoms with Crippen LogP contribution in [0.3, 0.4) is 0 Å². The van der Waals surface area contributed by atoms with Gasteiger partial charge in [0.15, 0.2) is 0 Å².